The number of aromatic carboxylic acids is 2. The number of anilines is 2. The summed E-state index contributed by atoms with van der Waals surface area (Å²) in [6.45, 7) is 0. The van der Waals surface area contributed by atoms with Gasteiger partial charge in [-0.15, -0.1) is 0 Å². The number of rotatable bonds is 9. The number of furan rings is 1. The number of methoxy groups -OCH3 is 1. The van der Waals surface area contributed by atoms with Gasteiger partial charge in [0.05, 0.1) is 41.9 Å². The molecule has 1 saturated heterocycles. The highest BCUT2D eigenvalue weighted by Gasteiger charge is 2.43. The maximum atomic E-state index is 11.8. The second kappa shape index (κ2) is 11.1. The van der Waals surface area contributed by atoms with Gasteiger partial charge in [-0.1, -0.05) is 6.07 Å². The predicted molar refractivity (Wildman–Crippen MR) is 157 cm³/mol. The van der Waals surface area contributed by atoms with Crippen LogP contribution in [-0.4, -0.2) is 54.0 Å². The molecule has 1 aliphatic rings. The number of carboxylic acids is 2. The van der Waals surface area contributed by atoms with E-state index < -0.39 is 34.0 Å². The molecule has 2 aromatic carbocycles. The topological polar surface area (TPSA) is 171 Å². The van der Waals surface area contributed by atoms with Crippen molar-refractivity contribution < 1.29 is 37.4 Å². The highest BCUT2D eigenvalue weighted by Crippen LogP contribution is 2.44. The minimum absolute atomic E-state index is 0.200. The number of nitrogens with zero attached hydrogens (tertiary/aromatic N) is 2. The van der Waals surface area contributed by atoms with Gasteiger partial charge < -0.3 is 29.6 Å². The molecular weight excluding hydrogens is 584 g/mol. The first-order valence-electron chi connectivity index (χ1n) is 12.3. The van der Waals surface area contributed by atoms with Crippen LogP contribution in [0.25, 0.3) is 11.3 Å². The monoisotopic (exact) mass is 608 g/mol. The van der Waals surface area contributed by atoms with Crippen LogP contribution in [0.2, 0.25) is 0 Å². The highest BCUT2D eigenvalue weighted by atomic mass is 32.2. The highest BCUT2D eigenvalue weighted by molar-refractivity contribution is 7.92. The summed E-state index contributed by atoms with van der Waals surface area (Å²) in [6, 6.07) is 16.3. The van der Waals surface area contributed by atoms with E-state index >= 15 is 0 Å². The Kier molecular flexibility index (Phi) is 7.58. The van der Waals surface area contributed by atoms with Gasteiger partial charge in [-0.2, -0.15) is 0 Å². The third-order valence-electron chi connectivity index (χ3n) is 6.49. The maximum absolute atomic E-state index is 11.8. The lowest BCUT2D eigenvalue weighted by Crippen LogP contribution is -2.29. The summed E-state index contributed by atoms with van der Waals surface area (Å²) in [6.07, 6.45) is 2.68. The lowest BCUT2D eigenvalue weighted by molar-refractivity contribution is 0.0696. The van der Waals surface area contributed by atoms with Gasteiger partial charge in [0.2, 0.25) is 10.0 Å². The molecule has 4 N–H and O–H groups in total. The molecule has 0 saturated carbocycles. The van der Waals surface area contributed by atoms with E-state index in [4.69, 9.17) is 21.4 Å². The zero-order chi connectivity index (χ0) is 30.2. The Balaban J connectivity index is 1.61. The van der Waals surface area contributed by atoms with Gasteiger partial charge in [0, 0.05) is 23.5 Å². The quantitative estimate of drug-likeness (QED) is 0.199. The molecule has 0 amide bonds. The molecule has 12 nitrogen and oxygen atoms in total. The molecule has 2 atom stereocenters. The molecule has 14 heteroatoms. The van der Waals surface area contributed by atoms with E-state index in [9.17, 15) is 28.2 Å². The summed E-state index contributed by atoms with van der Waals surface area (Å²) in [5, 5.41) is 22.6. The van der Waals surface area contributed by atoms with Crippen molar-refractivity contribution in [2.75, 3.05) is 23.0 Å². The SMILES string of the molecule is COc1cc(N2C(=S)N[C@@H](c3ccccn3)[C@H]2c2ccc(-c3cc(C(=O)O)cc(C(=O)O)c3)o2)ccc1NS(C)(=O)=O. The van der Waals surface area contributed by atoms with Gasteiger partial charge in [-0.05, 0) is 66.8 Å². The number of carbonyl (C=O) groups is 2. The zero-order valence-corrected chi connectivity index (χ0v) is 23.8. The molecule has 5 rings (SSSR count). The van der Waals surface area contributed by atoms with Gasteiger partial charge in [0.25, 0.3) is 0 Å². The van der Waals surface area contributed by atoms with Crippen molar-refractivity contribution in [3.05, 3.63) is 95.5 Å². The van der Waals surface area contributed by atoms with Crippen LogP contribution < -0.4 is 19.7 Å². The number of aromatic nitrogens is 1. The molecule has 2 aromatic heterocycles. The molecular formula is C28H24N4O8S2. The Morgan fingerprint density at radius 1 is 1.05 bits per heavy atom. The molecule has 216 valence electrons. The van der Waals surface area contributed by atoms with Gasteiger partial charge in [-0.3, -0.25) is 9.71 Å². The van der Waals surface area contributed by atoms with E-state index in [0.29, 0.717) is 22.3 Å². The largest absolute Gasteiger partial charge is 0.494 e. The Morgan fingerprint density at radius 3 is 2.36 bits per heavy atom. The lowest BCUT2D eigenvalue weighted by atomic mass is 10.0. The number of pyridine rings is 1. The fourth-order valence-corrected chi connectivity index (χ4v) is 5.63. The number of carboxylic acid groups (broad SMARTS) is 2. The van der Waals surface area contributed by atoms with Crippen LogP contribution in [0.3, 0.4) is 0 Å². The molecule has 1 fully saturated rings. The van der Waals surface area contributed by atoms with Gasteiger partial charge >= 0.3 is 11.9 Å². The molecule has 0 spiro atoms. The first-order chi connectivity index (χ1) is 19.9. The summed E-state index contributed by atoms with van der Waals surface area (Å²) in [5.74, 6) is -1.63. The molecule has 42 heavy (non-hydrogen) atoms. The second-order valence-corrected chi connectivity index (χ2v) is 11.5. The van der Waals surface area contributed by atoms with Crippen LogP contribution >= 0.6 is 12.2 Å². The number of hydrogen-bond acceptors (Lipinski definition) is 8. The number of hydrogen-bond donors (Lipinski definition) is 4. The minimum atomic E-state index is -3.57. The molecule has 0 bridgehead atoms. The number of thiocarbonyl (C=S) groups is 1. The number of sulfonamides is 1. The first-order valence-corrected chi connectivity index (χ1v) is 14.6. The third-order valence-corrected chi connectivity index (χ3v) is 7.39. The molecule has 0 unspecified atom stereocenters. The Hall–Kier alpha value is -4.95. The first kappa shape index (κ1) is 28.6. The van der Waals surface area contributed by atoms with Crippen LogP contribution in [-0.2, 0) is 10.0 Å². The maximum Gasteiger partial charge on any atom is 0.335 e. The molecule has 3 heterocycles. The van der Waals surface area contributed by atoms with Gasteiger partial charge in [-0.25, -0.2) is 18.0 Å². The Labute approximate surface area is 245 Å². The zero-order valence-electron chi connectivity index (χ0n) is 22.1. The fraction of sp³-hybridized carbons (Fsp3) is 0.143. The second-order valence-electron chi connectivity index (χ2n) is 9.37. The van der Waals surface area contributed by atoms with Crippen molar-refractivity contribution in [1.29, 1.82) is 0 Å². The standard InChI is InChI=1S/C28H24N4O8S2/c1-39-23-14-18(6-7-19(23)31-42(2,37)38)32-25(24(30-28(32)41)20-5-3-4-10-29-20)22-9-8-21(40-22)15-11-16(26(33)34)13-17(12-15)27(35)36/h3-14,24-25,31H,1-2H3,(H,30,41)(H,33,34)(H,35,36)/t24-,25+/m0/s1. The summed E-state index contributed by atoms with van der Waals surface area (Å²) >= 11 is 5.73. The van der Waals surface area contributed by atoms with Crippen LogP contribution in [0.1, 0.15) is 44.3 Å². The van der Waals surface area contributed by atoms with Crippen molar-refractivity contribution in [3.8, 4) is 17.1 Å². The van der Waals surface area contributed by atoms with Crippen LogP contribution in [0.4, 0.5) is 11.4 Å². The van der Waals surface area contributed by atoms with Gasteiger partial charge in [0.1, 0.15) is 23.3 Å². The summed E-state index contributed by atoms with van der Waals surface area (Å²) in [4.78, 5) is 29.6. The fourth-order valence-electron chi connectivity index (χ4n) is 4.72. The number of nitrogens with one attached hydrogen (secondary N) is 2. The number of ether oxygens (including phenoxy) is 1. The van der Waals surface area contributed by atoms with Crippen molar-refractivity contribution in [3.63, 3.8) is 0 Å². The third kappa shape index (κ3) is 5.75. The van der Waals surface area contributed by atoms with E-state index in [-0.39, 0.29) is 33.9 Å². The lowest BCUT2D eigenvalue weighted by Gasteiger charge is -2.27. The summed E-state index contributed by atoms with van der Waals surface area (Å²) in [7, 11) is -2.16. The van der Waals surface area contributed by atoms with Crippen LogP contribution in [0.15, 0.2) is 77.3 Å². The van der Waals surface area contributed by atoms with Crippen molar-refractivity contribution >= 4 is 50.7 Å². The van der Waals surface area contributed by atoms with E-state index in [0.717, 1.165) is 12.3 Å². The number of benzene rings is 2. The van der Waals surface area contributed by atoms with Crippen molar-refractivity contribution in [2.24, 2.45) is 0 Å². The smallest absolute Gasteiger partial charge is 0.335 e. The minimum Gasteiger partial charge on any atom is -0.494 e. The Morgan fingerprint density at radius 2 is 1.76 bits per heavy atom. The van der Waals surface area contributed by atoms with Crippen molar-refractivity contribution in [1.82, 2.24) is 10.3 Å². The average Bonchev–Trinajstić information content (AvgIpc) is 3.57. The van der Waals surface area contributed by atoms with Gasteiger partial charge in [0.15, 0.2) is 5.11 Å². The van der Waals surface area contributed by atoms with E-state index in [1.807, 2.05) is 12.1 Å². The molecule has 0 radical (unpaired) electrons. The Bertz CT molecular complexity index is 1780. The molecule has 0 aliphatic carbocycles. The van der Waals surface area contributed by atoms with Crippen LogP contribution in [0, 0.1) is 0 Å². The average molecular weight is 609 g/mol. The summed E-state index contributed by atoms with van der Waals surface area (Å²) < 4.78 is 37.8. The predicted octanol–water partition coefficient (Wildman–Crippen LogP) is 4.30. The normalized spacial score (nSPS) is 16.6. The van der Waals surface area contributed by atoms with E-state index in [1.54, 1.807) is 47.5 Å². The van der Waals surface area contributed by atoms with E-state index in [1.165, 1.54) is 19.2 Å². The molecule has 4 aromatic rings. The van der Waals surface area contributed by atoms with E-state index in [2.05, 4.69) is 15.0 Å². The molecule has 1 aliphatic heterocycles. The van der Waals surface area contributed by atoms with Crippen molar-refractivity contribution in [2.45, 2.75) is 12.1 Å². The summed E-state index contributed by atoms with van der Waals surface area (Å²) in [5.41, 5.74) is 1.33. The van der Waals surface area contributed by atoms with Crippen LogP contribution in [0.5, 0.6) is 5.75 Å².